The summed E-state index contributed by atoms with van der Waals surface area (Å²) in [5, 5.41) is 2.79. The zero-order valence-corrected chi connectivity index (χ0v) is 13.9. The minimum absolute atomic E-state index is 0.0569. The maximum absolute atomic E-state index is 12.5. The SMILES string of the molecule is Cc1ccccc1N1C[C@H](C(=O)Nc2ccc(C(N)=O)cc2)CC1=O. The number of benzene rings is 2. The summed E-state index contributed by atoms with van der Waals surface area (Å²) >= 11 is 0. The Labute approximate surface area is 145 Å². The Bertz CT molecular complexity index is 830. The molecule has 3 amide bonds. The molecule has 1 aliphatic rings. The largest absolute Gasteiger partial charge is 0.366 e. The summed E-state index contributed by atoms with van der Waals surface area (Å²) < 4.78 is 0. The lowest BCUT2D eigenvalue weighted by molar-refractivity contribution is -0.122. The van der Waals surface area contributed by atoms with E-state index in [-0.39, 0.29) is 18.2 Å². The summed E-state index contributed by atoms with van der Waals surface area (Å²) in [6.45, 7) is 2.30. The number of hydrogen-bond donors (Lipinski definition) is 2. The fourth-order valence-electron chi connectivity index (χ4n) is 2.94. The van der Waals surface area contributed by atoms with Gasteiger partial charge in [-0.3, -0.25) is 14.4 Å². The minimum atomic E-state index is -0.520. The van der Waals surface area contributed by atoms with E-state index in [4.69, 9.17) is 5.73 Å². The number of hydrogen-bond acceptors (Lipinski definition) is 3. The third kappa shape index (κ3) is 3.52. The Kier molecular flexibility index (Phi) is 4.52. The predicted molar refractivity (Wildman–Crippen MR) is 95.2 cm³/mol. The van der Waals surface area contributed by atoms with Crippen LogP contribution in [0.1, 0.15) is 22.3 Å². The molecule has 0 saturated carbocycles. The van der Waals surface area contributed by atoms with Gasteiger partial charge in [-0.15, -0.1) is 0 Å². The number of rotatable bonds is 4. The van der Waals surface area contributed by atoms with Crippen LogP contribution >= 0.6 is 0 Å². The van der Waals surface area contributed by atoms with Crippen LogP contribution in [0, 0.1) is 12.8 Å². The van der Waals surface area contributed by atoms with E-state index < -0.39 is 11.8 Å². The van der Waals surface area contributed by atoms with Crippen LogP contribution in [0.15, 0.2) is 48.5 Å². The first kappa shape index (κ1) is 16.7. The van der Waals surface area contributed by atoms with Crippen LogP contribution in [-0.4, -0.2) is 24.3 Å². The highest BCUT2D eigenvalue weighted by Gasteiger charge is 2.35. The standard InChI is InChI=1S/C19H19N3O3/c1-12-4-2-3-5-16(12)22-11-14(10-17(22)23)19(25)21-15-8-6-13(7-9-15)18(20)24/h2-9,14H,10-11H2,1H3,(H2,20,24)(H,21,25)/t14-/m1/s1. The van der Waals surface area contributed by atoms with Crippen molar-refractivity contribution in [1.82, 2.24) is 0 Å². The van der Waals surface area contributed by atoms with Crippen molar-refractivity contribution in [2.24, 2.45) is 11.7 Å². The molecule has 2 aromatic carbocycles. The molecule has 0 aliphatic carbocycles. The summed E-state index contributed by atoms with van der Waals surface area (Å²) in [6.07, 6.45) is 0.180. The van der Waals surface area contributed by atoms with Gasteiger partial charge in [-0.25, -0.2) is 0 Å². The Morgan fingerprint density at radius 1 is 1.12 bits per heavy atom. The van der Waals surface area contributed by atoms with Crippen LogP contribution in [0.4, 0.5) is 11.4 Å². The summed E-state index contributed by atoms with van der Waals surface area (Å²) in [4.78, 5) is 37.5. The molecule has 25 heavy (non-hydrogen) atoms. The number of nitrogens with one attached hydrogen (secondary N) is 1. The molecule has 128 valence electrons. The minimum Gasteiger partial charge on any atom is -0.366 e. The van der Waals surface area contributed by atoms with E-state index in [1.54, 1.807) is 29.2 Å². The zero-order chi connectivity index (χ0) is 18.0. The molecule has 0 radical (unpaired) electrons. The van der Waals surface area contributed by atoms with Gasteiger partial charge in [0.1, 0.15) is 0 Å². The fourth-order valence-corrected chi connectivity index (χ4v) is 2.94. The highest BCUT2D eigenvalue weighted by Crippen LogP contribution is 2.28. The Morgan fingerprint density at radius 3 is 2.44 bits per heavy atom. The van der Waals surface area contributed by atoms with Crippen LogP contribution in [0.2, 0.25) is 0 Å². The maximum Gasteiger partial charge on any atom is 0.248 e. The Morgan fingerprint density at radius 2 is 1.80 bits per heavy atom. The summed E-state index contributed by atoms with van der Waals surface area (Å²) in [5.41, 5.74) is 7.97. The quantitative estimate of drug-likeness (QED) is 0.894. The lowest BCUT2D eigenvalue weighted by Crippen LogP contribution is -2.28. The van der Waals surface area contributed by atoms with Crippen LogP contribution in [0.5, 0.6) is 0 Å². The van der Waals surface area contributed by atoms with E-state index in [1.807, 2.05) is 31.2 Å². The van der Waals surface area contributed by atoms with Crippen molar-refractivity contribution >= 4 is 29.1 Å². The van der Waals surface area contributed by atoms with Gasteiger partial charge in [-0.2, -0.15) is 0 Å². The van der Waals surface area contributed by atoms with Crippen LogP contribution < -0.4 is 16.0 Å². The van der Waals surface area contributed by atoms with Gasteiger partial charge < -0.3 is 16.0 Å². The lowest BCUT2D eigenvalue weighted by Gasteiger charge is -2.19. The molecule has 1 atom stereocenters. The number of primary amides is 1. The van der Waals surface area contributed by atoms with Gasteiger partial charge in [0, 0.05) is 29.9 Å². The lowest BCUT2D eigenvalue weighted by atomic mass is 10.1. The van der Waals surface area contributed by atoms with Gasteiger partial charge in [0.25, 0.3) is 0 Å². The normalized spacial score (nSPS) is 16.8. The molecule has 6 heteroatoms. The average molecular weight is 337 g/mol. The molecule has 6 nitrogen and oxygen atoms in total. The Balaban J connectivity index is 1.68. The molecular weight excluding hydrogens is 318 g/mol. The molecule has 0 unspecified atom stereocenters. The Hall–Kier alpha value is -3.15. The second-order valence-corrected chi connectivity index (χ2v) is 6.12. The van der Waals surface area contributed by atoms with Crippen molar-refractivity contribution in [3.05, 3.63) is 59.7 Å². The molecule has 1 aliphatic heterocycles. The average Bonchev–Trinajstić information content (AvgIpc) is 2.97. The van der Waals surface area contributed by atoms with Crippen molar-refractivity contribution < 1.29 is 14.4 Å². The van der Waals surface area contributed by atoms with Crippen molar-refractivity contribution in [1.29, 1.82) is 0 Å². The summed E-state index contributed by atoms with van der Waals surface area (Å²) in [7, 11) is 0. The predicted octanol–water partition coefficient (Wildman–Crippen LogP) is 2.09. The maximum atomic E-state index is 12.5. The van der Waals surface area contributed by atoms with E-state index >= 15 is 0 Å². The first-order valence-electron chi connectivity index (χ1n) is 8.02. The smallest absolute Gasteiger partial charge is 0.248 e. The van der Waals surface area contributed by atoms with Crippen LogP contribution in [0.3, 0.4) is 0 Å². The van der Waals surface area contributed by atoms with E-state index in [9.17, 15) is 14.4 Å². The third-order valence-corrected chi connectivity index (χ3v) is 4.34. The molecule has 1 saturated heterocycles. The number of carbonyl (C=O) groups excluding carboxylic acids is 3. The molecule has 0 aromatic heterocycles. The topological polar surface area (TPSA) is 92.5 Å². The third-order valence-electron chi connectivity index (χ3n) is 4.34. The van der Waals surface area contributed by atoms with E-state index in [0.717, 1.165) is 11.3 Å². The highest BCUT2D eigenvalue weighted by atomic mass is 16.2. The van der Waals surface area contributed by atoms with Crippen molar-refractivity contribution in [3.63, 3.8) is 0 Å². The number of anilines is 2. The first-order chi connectivity index (χ1) is 12.0. The van der Waals surface area contributed by atoms with Crippen molar-refractivity contribution in [3.8, 4) is 0 Å². The number of nitrogens with zero attached hydrogens (tertiary/aromatic N) is 1. The number of amides is 3. The molecular formula is C19H19N3O3. The van der Waals surface area contributed by atoms with Gasteiger partial charge in [0.2, 0.25) is 17.7 Å². The molecule has 1 fully saturated rings. The van der Waals surface area contributed by atoms with Gasteiger partial charge in [0.15, 0.2) is 0 Å². The van der Waals surface area contributed by atoms with Crippen molar-refractivity contribution in [2.75, 3.05) is 16.8 Å². The second kappa shape index (κ2) is 6.76. The van der Waals surface area contributed by atoms with Crippen molar-refractivity contribution in [2.45, 2.75) is 13.3 Å². The fraction of sp³-hybridized carbons (Fsp3) is 0.211. The highest BCUT2D eigenvalue weighted by molar-refractivity contribution is 6.04. The van der Waals surface area contributed by atoms with Crippen LogP contribution in [-0.2, 0) is 9.59 Å². The molecule has 2 aromatic rings. The number of nitrogens with two attached hydrogens (primary N) is 1. The molecule has 0 bridgehead atoms. The van der Waals surface area contributed by atoms with E-state index in [2.05, 4.69) is 5.32 Å². The van der Waals surface area contributed by atoms with Gasteiger partial charge >= 0.3 is 0 Å². The van der Waals surface area contributed by atoms with Crippen LogP contribution in [0.25, 0.3) is 0 Å². The van der Waals surface area contributed by atoms with Gasteiger partial charge in [0.05, 0.1) is 5.92 Å². The zero-order valence-electron chi connectivity index (χ0n) is 13.9. The monoisotopic (exact) mass is 337 g/mol. The molecule has 0 spiro atoms. The summed E-state index contributed by atoms with van der Waals surface area (Å²) in [6, 6.07) is 14.0. The summed E-state index contributed by atoms with van der Waals surface area (Å²) in [5.74, 6) is -1.20. The van der Waals surface area contributed by atoms with E-state index in [0.29, 0.717) is 17.8 Å². The first-order valence-corrected chi connectivity index (χ1v) is 8.02. The molecule has 3 N–H and O–H groups in total. The number of para-hydroxylation sites is 1. The number of aryl methyl sites for hydroxylation is 1. The van der Waals surface area contributed by atoms with E-state index in [1.165, 1.54) is 0 Å². The van der Waals surface area contributed by atoms with Gasteiger partial charge in [-0.05, 0) is 42.8 Å². The second-order valence-electron chi connectivity index (χ2n) is 6.12. The molecule has 3 rings (SSSR count). The molecule has 1 heterocycles. The number of carbonyl (C=O) groups is 3. The van der Waals surface area contributed by atoms with Gasteiger partial charge in [-0.1, -0.05) is 18.2 Å².